The molecular formula is C27H35N5O5. The van der Waals surface area contributed by atoms with Gasteiger partial charge in [0.2, 0.25) is 0 Å². The van der Waals surface area contributed by atoms with E-state index in [2.05, 4.69) is 9.88 Å². The van der Waals surface area contributed by atoms with E-state index in [0.29, 0.717) is 31.4 Å². The van der Waals surface area contributed by atoms with E-state index in [1.807, 2.05) is 37.4 Å². The van der Waals surface area contributed by atoms with E-state index in [9.17, 15) is 9.59 Å². The molecule has 2 aromatic heterocycles. The highest BCUT2D eigenvalue weighted by atomic mass is 16.6. The van der Waals surface area contributed by atoms with E-state index >= 15 is 0 Å². The molecule has 2 amide bonds. The van der Waals surface area contributed by atoms with Crippen molar-refractivity contribution < 1.29 is 23.8 Å². The Morgan fingerprint density at radius 1 is 1.05 bits per heavy atom. The molecule has 1 atom stereocenters. The molecule has 1 saturated heterocycles. The Labute approximate surface area is 216 Å². The van der Waals surface area contributed by atoms with Crippen LogP contribution in [0, 0.1) is 0 Å². The standard InChI is InChI=1S/C27H35N5O5/c1-17-16-35-14-13-31(17)21-15-22(30-23(29-21)19-9-8-10-20-18(19)11-12-28-20)32(24(33)36-26(2,3)4)25(34)37-27(5,6)7/h8-12,15,17,28H,13-14,16H2,1-7H3/t17-/m1/s1. The summed E-state index contributed by atoms with van der Waals surface area (Å²) in [6.07, 6.45) is 0.0795. The zero-order valence-corrected chi connectivity index (χ0v) is 22.5. The molecule has 10 heteroatoms. The van der Waals surface area contributed by atoms with E-state index < -0.39 is 23.4 Å². The summed E-state index contributed by atoms with van der Waals surface area (Å²) in [7, 11) is 0. The second kappa shape index (κ2) is 10.0. The van der Waals surface area contributed by atoms with E-state index in [0.717, 1.165) is 21.4 Å². The lowest BCUT2D eigenvalue weighted by atomic mass is 10.1. The van der Waals surface area contributed by atoms with Crippen LogP contribution in [-0.2, 0) is 14.2 Å². The van der Waals surface area contributed by atoms with E-state index in [4.69, 9.17) is 24.2 Å². The van der Waals surface area contributed by atoms with Gasteiger partial charge in [0.15, 0.2) is 11.6 Å². The summed E-state index contributed by atoms with van der Waals surface area (Å²) in [5.41, 5.74) is -0.00300. The molecule has 0 radical (unpaired) electrons. The quantitative estimate of drug-likeness (QED) is 0.491. The largest absolute Gasteiger partial charge is 0.443 e. The number of ether oxygens (including phenoxy) is 3. The van der Waals surface area contributed by atoms with Crippen LogP contribution < -0.4 is 9.80 Å². The number of aromatic amines is 1. The topological polar surface area (TPSA) is 110 Å². The fourth-order valence-electron chi connectivity index (χ4n) is 4.03. The number of aromatic nitrogens is 3. The lowest BCUT2D eigenvalue weighted by molar-refractivity contribution is 0.0429. The maximum absolute atomic E-state index is 13.4. The van der Waals surface area contributed by atoms with Crippen molar-refractivity contribution in [1.82, 2.24) is 15.0 Å². The van der Waals surface area contributed by atoms with Gasteiger partial charge in [-0.2, -0.15) is 4.90 Å². The van der Waals surface area contributed by atoms with Crippen molar-refractivity contribution >= 4 is 34.7 Å². The van der Waals surface area contributed by atoms with Gasteiger partial charge in [0, 0.05) is 35.3 Å². The number of H-pyrrole nitrogens is 1. The van der Waals surface area contributed by atoms with E-state index in [1.165, 1.54) is 0 Å². The summed E-state index contributed by atoms with van der Waals surface area (Å²) in [4.78, 5) is 42.4. The van der Waals surface area contributed by atoms with Crippen LogP contribution in [0.3, 0.4) is 0 Å². The fraction of sp³-hybridized carbons (Fsp3) is 0.481. The van der Waals surface area contributed by atoms with Gasteiger partial charge in [0.25, 0.3) is 0 Å². The molecule has 0 unspecified atom stereocenters. The Morgan fingerprint density at radius 3 is 2.35 bits per heavy atom. The molecule has 0 spiro atoms. The predicted octanol–water partition coefficient (Wildman–Crippen LogP) is 5.53. The average molecular weight is 510 g/mol. The first-order chi connectivity index (χ1) is 17.3. The van der Waals surface area contributed by atoms with Crippen LogP contribution >= 0.6 is 0 Å². The fourth-order valence-corrected chi connectivity index (χ4v) is 4.03. The maximum atomic E-state index is 13.4. The molecule has 3 aromatic rings. The highest BCUT2D eigenvalue weighted by Gasteiger charge is 2.35. The zero-order valence-electron chi connectivity index (χ0n) is 22.5. The number of carbonyl (C=O) groups is 2. The van der Waals surface area contributed by atoms with Crippen LogP contribution in [0.5, 0.6) is 0 Å². The van der Waals surface area contributed by atoms with Gasteiger partial charge in [0.1, 0.15) is 17.0 Å². The number of hydrogen-bond acceptors (Lipinski definition) is 8. The molecular weight excluding hydrogens is 474 g/mol. The van der Waals surface area contributed by atoms with Gasteiger partial charge in [-0.1, -0.05) is 12.1 Å². The molecule has 10 nitrogen and oxygen atoms in total. The number of fused-ring (bicyclic) bond motifs is 1. The molecule has 0 bridgehead atoms. The number of amides is 2. The third-order valence-electron chi connectivity index (χ3n) is 5.58. The molecule has 1 aliphatic heterocycles. The van der Waals surface area contributed by atoms with Crippen molar-refractivity contribution in [3.8, 4) is 11.4 Å². The molecule has 1 N–H and O–H groups in total. The van der Waals surface area contributed by atoms with Gasteiger partial charge >= 0.3 is 12.2 Å². The molecule has 3 heterocycles. The van der Waals surface area contributed by atoms with Gasteiger partial charge in [-0.3, -0.25) is 0 Å². The Kier molecular flexibility index (Phi) is 7.14. The molecule has 4 rings (SSSR count). The molecule has 0 aliphatic carbocycles. The minimum absolute atomic E-state index is 0.0314. The minimum Gasteiger partial charge on any atom is -0.443 e. The SMILES string of the molecule is C[C@@H]1COCCN1c1cc(N(C(=O)OC(C)(C)C)C(=O)OC(C)(C)C)nc(-c2cccc3[nH]ccc23)n1. The van der Waals surface area contributed by atoms with Crippen LogP contribution in [0.25, 0.3) is 22.3 Å². The van der Waals surface area contributed by atoms with E-state index in [1.54, 1.807) is 47.6 Å². The predicted molar refractivity (Wildman–Crippen MR) is 142 cm³/mol. The van der Waals surface area contributed by atoms with Gasteiger partial charge in [-0.15, -0.1) is 0 Å². The highest BCUT2D eigenvalue weighted by Crippen LogP contribution is 2.32. The van der Waals surface area contributed by atoms with Crippen LogP contribution in [0.4, 0.5) is 21.2 Å². The first kappa shape index (κ1) is 26.4. The molecule has 37 heavy (non-hydrogen) atoms. The third kappa shape index (κ3) is 6.19. The molecule has 198 valence electrons. The lowest BCUT2D eigenvalue weighted by Crippen LogP contribution is -2.45. The van der Waals surface area contributed by atoms with Crippen molar-refractivity contribution in [2.24, 2.45) is 0 Å². The second-order valence-corrected chi connectivity index (χ2v) is 11.1. The summed E-state index contributed by atoms with van der Waals surface area (Å²) in [5.74, 6) is 1.00. The van der Waals surface area contributed by atoms with Crippen molar-refractivity contribution in [2.75, 3.05) is 29.6 Å². The van der Waals surface area contributed by atoms with Gasteiger partial charge in [-0.25, -0.2) is 19.6 Å². The number of nitrogens with one attached hydrogen (secondary N) is 1. The number of rotatable bonds is 3. The van der Waals surface area contributed by atoms with Crippen LogP contribution in [0.1, 0.15) is 48.5 Å². The molecule has 1 aromatic carbocycles. The zero-order chi connectivity index (χ0) is 27.0. The van der Waals surface area contributed by atoms with Gasteiger partial charge < -0.3 is 24.1 Å². The Hall–Kier alpha value is -3.66. The maximum Gasteiger partial charge on any atom is 0.425 e. The summed E-state index contributed by atoms with van der Waals surface area (Å²) >= 11 is 0. The number of hydrogen-bond donors (Lipinski definition) is 1. The number of morpholine rings is 1. The van der Waals surface area contributed by atoms with Crippen molar-refractivity contribution in [3.05, 3.63) is 36.5 Å². The number of benzene rings is 1. The lowest BCUT2D eigenvalue weighted by Gasteiger charge is -2.35. The van der Waals surface area contributed by atoms with Crippen molar-refractivity contribution in [2.45, 2.75) is 65.7 Å². The summed E-state index contributed by atoms with van der Waals surface area (Å²) in [6.45, 7) is 14.1. The number of carbonyl (C=O) groups excluding carboxylic acids is 2. The first-order valence-electron chi connectivity index (χ1n) is 12.4. The van der Waals surface area contributed by atoms with Gasteiger partial charge in [0.05, 0.1) is 19.3 Å². The van der Waals surface area contributed by atoms with Crippen LogP contribution in [0.15, 0.2) is 36.5 Å². The van der Waals surface area contributed by atoms with Gasteiger partial charge in [-0.05, 0) is 60.6 Å². The number of anilines is 2. The Balaban J connectivity index is 1.90. The Morgan fingerprint density at radius 2 is 1.73 bits per heavy atom. The van der Waals surface area contributed by atoms with Crippen LogP contribution in [0.2, 0.25) is 0 Å². The van der Waals surface area contributed by atoms with Crippen molar-refractivity contribution in [3.63, 3.8) is 0 Å². The monoisotopic (exact) mass is 509 g/mol. The minimum atomic E-state index is -0.882. The molecule has 0 saturated carbocycles. The third-order valence-corrected chi connectivity index (χ3v) is 5.58. The molecule has 1 fully saturated rings. The first-order valence-corrected chi connectivity index (χ1v) is 12.4. The normalized spacial score (nSPS) is 16.5. The number of imide groups is 1. The van der Waals surface area contributed by atoms with Crippen molar-refractivity contribution in [1.29, 1.82) is 0 Å². The average Bonchev–Trinajstić information content (AvgIpc) is 3.26. The summed E-state index contributed by atoms with van der Waals surface area (Å²) in [6, 6.07) is 9.37. The number of nitrogens with zero attached hydrogens (tertiary/aromatic N) is 4. The summed E-state index contributed by atoms with van der Waals surface area (Å²) < 4.78 is 16.8. The van der Waals surface area contributed by atoms with E-state index in [-0.39, 0.29) is 11.9 Å². The second-order valence-electron chi connectivity index (χ2n) is 11.1. The highest BCUT2D eigenvalue weighted by molar-refractivity contribution is 6.09. The summed E-state index contributed by atoms with van der Waals surface area (Å²) in [5, 5.41) is 0.918. The van der Waals surface area contributed by atoms with Crippen LogP contribution in [-0.4, -0.2) is 64.1 Å². The molecule has 1 aliphatic rings. The smallest absolute Gasteiger partial charge is 0.425 e. The Bertz CT molecular complexity index is 1260.